The van der Waals surface area contributed by atoms with Gasteiger partial charge in [-0.05, 0) is 29.8 Å². The van der Waals surface area contributed by atoms with Crippen LogP contribution in [0.1, 0.15) is 21.5 Å². The summed E-state index contributed by atoms with van der Waals surface area (Å²) in [6.45, 7) is 0. The van der Waals surface area contributed by atoms with E-state index in [0.29, 0.717) is 0 Å². The van der Waals surface area contributed by atoms with E-state index in [9.17, 15) is 18.0 Å². The number of hydrogen-bond donors (Lipinski definition) is 0. The molecule has 8 heteroatoms. The van der Waals surface area contributed by atoms with Gasteiger partial charge >= 0.3 is 12.1 Å². The van der Waals surface area contributed by atoms with Gasteiger partial charge in [0, 0.05) is 6.20 Å². The number of carbonyl (C=O) groups excluding carboxylic acids is 1. The molecule has 0 unspecified atom stereocenters. The number of carbonyl (C=O) groups is 1. The summed E-state index contributed by atoms with van der Waals surface area (Å²) in [6, 6.07) is 7.30. The Morgan fingerprint density at radius 1 is 1.27 bits per heavy atom. The van der Waals surface area contributed by atoms with Crippen LogP contribution in [0.3, 0.4) is 0 Å². The Kier molecular flexibility index (Phi) is 4.77. The number of rotatable bonds is 3. The van der Waals surface area contributed by atoms with Crippen molar-refractivity contribution in [1.82, 2.24) is 4.98 Å². The lowest BCUT2D eigenvalue weighted by Gasteiger charge is -2.06. The molecule has 0 fully saturated rings. The maximum Gasteiger partial charge on any atom is 0.416 e. The van der Waals surface area contributed by atoms with Gasteiger partial charge in [-0.1, -0.05) is 28.9 Å². The second-order valence-electron chi connectivity index (χ2n) is 4.08. The first-order valence-corrected chi connectivity index (χ1v) is 6.28. The summed E-state index contributed by atoms with van der Waals surface area (Å²) in [6.07, 6.45) is -2.06. The van der Waals surface area contributed by atoms with Gasteiger partial charge in [0.05, 0.1) is 17.3 Å². The van der Waals surface area contributed by atoms with Crippen molar-refractivity contribution >= 4 is 23.8 Å². The molecule has 1 heterocycles. The van der Waals surface area contributed by atoms with E-state index in [2.05, 4.69) is 15.0 Å². The highest BCUT2D eigenvalue weighted by Gasteiger charge is 2.30. The fourth-order valence-corrected chi connectivity index (χ4v) is 1.71. The van der Waals surface area contributed by atoms with E-state index in [1.807, 2.05) is 0 Å². The molecule has 2 rings (SSSR count). The van der Waals surface area contributed by atoms with Crippen LogP contribution < -0.4 is 0 Å². The summed E-state index contributed by atoms with van der Waals surface area (Å²) in [4.78, 5) is 19.9. The van der Waals surface area contributed by atoms with Crippen LogP contribution in [0, 0.1) is 0 Å². The molecule has 0 aliphatic carbocycles. The molecule has 4 nitrogen and oxygen atoms in total. The van der Waals surface area contributed by atoms with Gasteiger partial charge in [0.1, 0.15) is 5.15 Å². The van der Waals surface area contributed by atoms with E-state index < -0.39 is 17.7 Å². The Hall–Kier alpha value is -2.41. The molecule has 22 heavy (non-hydrogen) atoms. The number of aromatic nitrogens is 1. The fraction of sp³-hybridized carbons (Fsp3) is 0.0714. The number of halogens is 4. The van der Waals surface area contributed by atoms with Crippen LogP contribution in [0.25, 0.3) is 0 Å². The molecule has 2 aromatic rings. The molecule has 0 bridgehead atoms. The number of nitrogens with zero attached hydrogens (tertiary/aromatic N) is 2. The summed E-state index contributed by atoms with van der Waals surface area (Å²) in [5.74, 6) is -0.860. The van der Waals surface area contributed by atoms with E-state index in [0.717, 1.165) is 18.3 Å². The summed E-state index contributed by atoms with van der Waals surface area (Å²) < 4.78 is 37.6. The quantitative estimate of drug-likeness (QED) is 0.371. The molecule has 0 saturated carbocycles. The molecule has 0 saturated heterocycles. The van der Waals surface area contributed by atoms with Crippen LogP contribution in [0.4, 0.5) is 13.2 Å². The van der Waals surface area contributed by atoms with Gasteiger partial charge in [-0.15, -0.1) is 0 Å². The Bertz CT molecular complexity index is 717. The zero-order chi connectivity index (χ0) is 16.2. The lowest BCUT2D eigenvalue weighted by atomic mass is 10.1. The fourth-order valence-electron chi connectivity index (χ4n) is 1.52. The second-order valence-corrected chi connectivity index (χ2v) is 4.44. The largest absolute Gasteiger partial charge is 0.416 e. The predicted octanol–water partition coefficient (Wildman–Crippen LogP) is 3.94. The molecular weight excluding hydrogens is 321 g/mol. The third kappa shape index (κ3) is 4.05. The SMILES string of the molecule is O=C(ON=Cc1cccc(C(F)(F)F)c1)c1cccnc1Cl. The summed E-state index contributed by atoms with van der Waals surface area (Å²) in [7, 11) is 0. The molecule has 0 N–H and O–H groups in total. The molecule has 114 valence electrons. The van der Waals surface area contributed by atoms with Crippen LogP contribution >= 0.6 is 11.6 Å². The molecule has 0 amide bonds. The number of benzene rings is 1. The van der Waals surface area contributed by atoms with E-state index >= 15 is 0 Å². The first-order valence-electron chi connectivity index (χ1n) is 5.90. The highest BCUT2D eigenvalue weighted by atomic mass is 35.5. The number of hydrogen-bond acceptors (Lipinski definition) is 4. The zero-order valence-electron chi connectivity index (χ0n) is 10.8. The normalized spacial score (nSPS) is 11.6. The van der Waals surface area contributed by atoms with Gasteiger partial charge in [-0.2, -0.15) is 13.2 Å². The first-order chi connectivity index (χ1) is 10.4. The molecule has 0 radical (unpaired) electrons. The Labute approximate surface area is 128 Å². The lowest BCUT2D eigenvalue weighted by molar-refractivity contribution is -0.137. The average molecular weight is 329 g/mol. The molecule has 1 aromatic heterocycles. The summed E-state index contributed by atoms with van der Waals surface area (Å²) in [5.41, 5.74) is -0.677. The van der Waals surface area contributed by atoms with Gasteiger partial charge in [0.2, 0.25) is 0 Å². The maximum atomic E-state index is 12.5. The van der Waals surface area contributed by atoms with Crippen molar-refractivity contribution in [2.75, 3.05) is 0 Å². The molecule has 0 atom stereocenters. The van der Waals surface area contributed by atoms with E-state index in [1.165, 1.54) is 30.5 Å². The van der Waals surface area contributed by atoms with Crippen LogP contribution in [0.2, 0.25) is 5.15 Å². The van der Waals surface area contributed by atoms with Crippen LogP contribution in [0.15, 0.2) is 47.8 Å². The number of oxime groups is 1. The van der Waals surface area contributed by atoms with Crippen molar-refractivity contribution in [1.29, 1.82) is 0 Å². The zero-order valence-corrected chi connectivity index (χ0v) is 11.6. The van der Waals surface area contributed by atoms with Crippen LogP contribution in [-0.4, -0.2) is 17.2 Å². The third-order valence-electron chi connectivity index (χ3n) is 2.53. The van der Waals surface area contributed by atoms with E-state index in [-0.39, 0.29) is 16.3 Å². The highest BCUT2D eigenvalue weighted by Crippen LogP contribution is 2.29. The minimum absolute atomic E-state index is 0.00496. The second kappa shape index (κ2) is 6.57. The molecule has 0 aliphatic rings. The predicted molar refractivity (Wildman–Crippen MR) is 73.7 cm³/mol. The van der Waals surface area contributed by atoms with Gasteiger partial charge in [0.25, 0.3) is 0 Å². The lowest BCUT2D eigenvalue weighted by Crippen LogP contribution is -2.05. The van der Waals surface area contributed by atoms with Crippen molar-refractivity contribution in [2.45, 2.75) is 6.18 Å². The van der Waals surface area contributed by atoms with Crippen molar-refractivity contribution in [3.63, 3.8) is 0 Å². The smallest absolute Gasteiger partial charge is 0.313 e. The van der Waals surface area contributed by atoms with Crippen molar-refractivity contribution in [3.05, 3.63) is 64.4 Å². The van der Waals surface area contributed by atoms with Gasteiger partial charge in [0.15, 0.2) is 0 Å². The first kappa shape index (κ1) is 16.0. The highest BCUT2D eigenvalue weighted by molar-refractivity contribution is 6.32. The van der Waals surface area contributed by atoms with Crippen LogP contribution in [0.5, 0.6) is 0 Å². The Morgan fingerprint density at radius 3 is 2.73 bits per heavy atom. The van der Waals surface area contributed by atoms with Gasteiger partial charge in [-0.3, -0.25) is 0 Å². The molecule has 0 spiro atoms. The number of pyridine rings is 1. The van der Waals surface area contributed by atoms with Crippen LogP contribution in [-0.2, 0) is 11.0 Å². The molecule has 0 aliphatic heterocycles. The van der Waals surface area contributed by atoms with Crippen molar-refractivity contribution in [2.24, 2.45) is 5.16 Å². The topological polar surface area (TPSA) is 51.5 Å². The Balaban J connectivity index is 2.07. The minimum Gasteiger partial charge on any atom is -0.313 e. The van der Waals surface area contributed by atoms with Gasteiger partial charge in [-0.25, -0.2) is 9.78 Å². The minimum atomic E-state index is -4.45. The van der Waals surface area contributed by atoms with E-state index in [1.54, 1.807) is 0 Å². The average Bonchev–Trinajstić information content (AvgIpc) is 2.47. The summed E-state index contributed by atoms with van der Waals surface area (Å²) in [5, 5.41) is 3.30. The molecular formula is C14H8ClF3N2O2. The van der Waals surface area contributed by atoms with Crippen molar-refractivity contribution < 1.29 is 22.8 Å². The third-order valence-corrected chi connectivity index (χ3v) is 2.83. The number of alkyl halides is 3. The standard InChI is InChI=1S/C14H8ClF3N2O2/c15-12-11(5-2-6-19-12)13(21)22-20-8-9-3-1-4-10(7-9)14(16,17)18/h1-8H. The van der Waals surface area contributed by atoms with Crippen molar-refractivity contribution in [3.8, 4) is 0 Å². The maximum absolute atomic E-state index is 12.5. The molecule has 1 aromatic carbocycles. The summed E-state index contributed by atoms with van der Waals surface area (Å²) >= 11 is 5.70. The Morgan fingerprint density at radius 2 is 2.05 bits per heavy atom. The monoisotopic (exact) mass is 328 g/mol. The van der Waals surface area contributed by atoms with Gasteiger partial charge < -0.3 is 4.84 Å². The van der Waals surface area contributed by atoms with E-state index in [4.69, 9.17) is 11.6 Å².